The molecule has 1 amide bonds. The van der Waals surface area contributed by atoms with E-state index in [9.17, 15) is 4.79 Å². The monoisotopic (exact) mass is 232 g/mol. The zero-order valence-corrected chi connectivity index (χ0v) is 9.29. The van der Waals surface area contributed by atoms with Gasteiger partial charge in [0.2, 0.25) is 5.91 Å². The number of carbonyl (C=O) groups is 1. The van der Waals surface area contributed by atoms with Crippen LogP contribution >= 0.6 is 0 Å². The Kier molecular flexibility index (Phi) is 3.10. The van der Waals surface area contributed by atoms with Crippen molar-refractivity contribution in [3.8, 4) is 5.69 Å². The number of aryl methyl sites for hydroxylation is 1. The molecule has 0 radical (unpaired) electrons. The van der Waals surface area contributed by atoms with Crippen LogP contribution in [0.4, 0.5) is 5.69 Å². The van der Waals surface area contributed by atoms with Crippen LogP contribution in [0.3, 0.4) is 0 Å². The third-order valence-electron chi connectivity index (χ3n) is 2.26. The van der Waals surface area contributed by atoms with E-state index in [1.54, 1.807) is 10.7 Å². The third kappa shape index (κ3) is 2.45. The number of carbonyl (C=O) groups excluding carboxylic acids is 1. The Morgan fingerprint density at radius 1 is 1.53 bits per heavy atom. The largest absolute Gasteiger partial charge is 0.325 e. The van der Waals surface area contributed by atoms with E-state index in [-0.39, 0.29) is 12.5 Å². The summed E-state index contributed by atoms with van der Waals surface area (Å²) in [5.74, 6) is -0.223. The van der Waals surface area contributed by atoms with Gasteiger partial charge in [-0.25, -0.2) is 4.68 Å². The lowest BCUT2D eigenvalue weighted by atomic mass is 10.2. The molecule has 1 aromatic heterocycles. The second-order valence-electron chi connectivity index (χ2n) is 3.51. The molecule has 2 aromatic rings. The number of anilines is 1. The summed E-state index contributed by atoms with van der Waals surface area (Å²) in [5.41, 5.74) is 7.74. The highest BCUT2D eigenvalue weighted by Gasteiger charge is 2.05. The minimum atomic E-state index is -0.223. The molecular formula is C10H12N6O. The van der Waals surface area contributed by atoms with Gasteiger partial charge in [-0.15, -0.1) is 5.10 Å². The first kappa shape index (κ1) is 11.2. The van der Waals surface area contributed by atoms with Crippen LogP contribution in [0.15, 0.2) is 24.5 Å². The summed E-state index contributed by atoms with van der Waals surface area (Å²) in [5, 5.41) is 13.6. The number of hydrogen-bond donors (Lipinski definition) is 2. The van der Waals surface area contributed by atoms with Gasteiger partial charge in [0, 0.05) is 5.69 Å². The molecular weight excluding hydrogens is 220 g/mol. The molecule has 1 heterocycles. The van der Waals surface area contributed by atoms with Crippen LogP contribution in [0.1, 0.15) is 5.56 Å². The number of amides is 1. The van der Waals surface area contributed by atoms with E-state index in [0.29, 0.717) is 5.69 Å². The SMILES string of the molecule is Cc1cc(NC(=O)CN)ccc1-n1cnnn1. The van der Waals surface area contributed by atoms with Crippen molar-refractivity contribution >= 4 is 11.6 Å². The van der Waals surface area contributed by atoms with E-state index in [1.807, 2.05) is 19.1 Å². The normalized spacial score (nSPS) is 10.2. The molecule has 7 heteroatoms. The van der Waals surface area contributed by atoms with Gasteiger partial charge in [0.05, 0.1) is 12.2 Å². The van der Waals surface area contributed by atoms with Crippen LogP contribution < -0.4 is 11.1 Å². The summed E-state index contributed by atoms with van der Waals surface area (Å²) >= 11 is 0. The van der Waals surface area contributed by atoms with E-state index in [2.05, 4.69) is 20.8 Å². The third-order valence-corrected chi connectivity index (χ3v) is 2.26. The predicted molar refractivity (Wildman–Crippen MR) is 61.6 cm³/mol. The molecule has 0 aliphatic rings. The van der Waals surface area contributed by atoms with Crippen LogP contribution in [0.2, 0.25) is 0 Å². The van der Waals surface area contributed by atoms with E-state index in [4.69, 9.17) is 5.73 Å². The first-order valence-electron chi connectivity index (χ1n) is 5.04. The van der Waals surface area contributed by atoms with Crippen LogP contribution in [0.5, 0.6) is 0 Å². The van der Waals surface area contributed by atoms with Crippen molar-refractivity contribution in [1.29, 1.82) is 0 Å². The summed E-state index contributed by atoms with van der Waals surface area (Å²) in [6.45, 7) is 1.88. The van der Waals surface area contributed by atoms with Crippen molar-refractivity contribution in [1.82, 2.24) is 20.2 Å². The Bertz CT molecular complexity index is 522. The maximum absolute atomic E-state index is 11.1. The lowest BCUT2D eigenvalue weighted by molar-refractivity contribution is -0.114. The molecule has 0 aliphatic heterocycles. The van der Waals surface area contributed by atoms with Gasteiger partial charge in [0.1, 0.15) is 6.33 Å². The smallest absolute Gasteiger partial charge is 0.238 e. The van der Waals surface area contributed by atoms with Crippen molar-refractivity contribution in [3.05, 3.63) is 30.1 Å². The van der Waals surface area contributed by atoms with Crippen LogP contribution in [-0.4, -0.2) is 32.7 Å². The Labute approximate surface area is 97.6 Å². The van der Waals surface area contributed by atoms with Gasteiger partial charge in [0.25, 0.3) is 0 Å². The fourth-order valence-corrected chi connectivity index (χ4v) is 1.47. The topological polar surface area (TPSA) is 98.7 Å². The number of aromatic nitrogens is 4. The zero-order valence-electron chi connectivity index (χ0n) is 9.29. The van der Waals surface area contributed by atoms with Gasteiger partial charge in [0.15, 0.2) is 0 Å². The Morgan fingerprint density at radius 2 is 2.35 bits per heavy atom. The number of benzene rings is 1. The highest BCUT2D eigenvalue weighted by molar-refractivity contribution is 5.92. The zero-order chi connectivity index (χ0) is 12.3. The molecule has 0 saturated carbocycles. The average Bonchev–Trinajstić information content (AvgIpc) is 2.82. The van der Waals surface area contributed by atoms with Gasteiger partial charge >= 0.3 is 0 Å². The van der Waals surface area contributed by atoms with Gasteiger partial charge in [-0.1, -0.05) is 0 Å². The summed E-state index contributed by atoms with van der Waals surface area (Å²) in [7, 11) is 0. The molecule has 0 bridgehead atoms. The lowest BCUT2D eigenvalue weighted by Gasteiger charge is -2.08. The maximum atomic E-state index is 11.1. The summed E-state index contributed by atoms with van der Waals surface area (Å²) < 4.78 is 1.56. The summed E-state index contributed by atoms with van der Waals surface area (Å²) in [4.78, 5) is 11.1. The van der Waals surface area contributed by atoms with Crippen molar-refractivity contribution in [2.45, 2.75) is 6.92 Å². The summed E-state index contributed by atoms with van der Waals surface area (Å²) in [6.07, 6.45) is 1.51. The second-order valence-corrected chi connectivity index (χ2v) is 3.51. The van der Waals surface area contributed by atoms with E-state index < -0.39 is 0 Å². The maximum Gasteiger partial charge on any atom is 0.238 e. The molecule has 0 fully saturated rings. The van der Waals surface area contributed by atoms with E-state index in [0.717, 1.165) is 11.3 Å². The molecule has 3 N–H and O–H groups in total. The number of tetrazole rings is 1. The molecule has 2 rings (SSSR count). The first-order valence-corrected chi connectivity index (χ1v) is 5.04. The summed E-state index contributed by atoms with van der Waals surface area (Å²) in [6, 6.07) is 5.44. The molecule has 7 nitrogen and oxygen atoms in total. The van der Waals surface area contributed by atoms with Crippen molar-refractivity contribution in [3.63, 3.8) is 0 Å². The highest BCUT2D eigenvalue weighted by Crippen LogP contribution is 2.17. The second kappa shape index (κ2) is 4.71. The molecule has 0 atom stereocenters. The molecule has 1 aromatic carbocycles. The van der Waals surface area contributed by atoms with Crippen molar-refractivity contribution in [2.24, 2.45) is 5.73 Å². The van der Waals surface area contributed by atoms with Gasteiger partial charge in [-0.3, -0.25) is 4.79 Å². The highest BCUT2D eigenvalue weighted by atomic mass is 16.1. The number of nitrogens with one attached hydrogen (secondary N) is 1. The molecule has 17 heavy (non-hydrogen) atoms. The quantitative estimate of drug-likeness (QED) is 0.767. The number of rotatable bonds is 3. The average molecular weight is 232 g/mol. The molecule has 88 valence electrons. The minimum Gasteiger partial charge on any atom is -0.325 e. The number of hydrogen-bond acceptors (Lipinski definition) is 5. The van der Waals surface area contributed by atoms with E-state index >= 15 is 0 Å². The Morgan fingerprint density at radius 3 is 2.94 bits per heavy atom. The molecule has 0 saturated heterocycles. The van der Waals surface area contributed by atoms with Crippen LogP contribution in [0.25, 0.3) is 5.69 Å². The Balaban J connectivity index is 2.26. The van der Waals surface area contributed by atoms with Gasteiger partial charge in [-0.2, -0.15) is 0 Å². The fraction of sp³-hybridized carbons (Fsp3) is 0.200. The number of nitrogens with two attached hydrogens (primary N) is 1. The van der Waals surface area contributed by atoms with Crippen molar-refractivity contribution in [2.75, 3.05) is 11.9 Å². The lowest BCUT2D eigenvalue weighted by Crippen LogP contribution is -2.21. The Hall–Kier alpha value is -2.28. The molecule has 0 spiro atoms. The van der Waals surface area contributed by atoms with Crippen LogP contribution in [0, 0.1) is 6.92 Å². The number of nitrogens with zero attached hydrogens (tertiary/aromatic N) is 4. The molecule has 0 unspecified atom stereocenters. The minimum absolute atomic E-state index is 0.0339. The predicted octanol–water partition coefficient (Wildman–Crippen LogP) is -0.132. The van der Waals surface area contributed by atoms with Gasteiger partial charge < -0.3 is 11.1 Å². The standard InChI is InChI=1S/C10H12N6O/c1-7-4-8(13-10(17)5-11)2-3-9(7)16-6-12-14-15-16/h2-4,6H,5,11H2,1H3,(H,13,17). The molecule has 0 aliphatic carbocycles. The van der Waals surface area contributed by atoms with E-state index in [1.165, 1.54) is 6.33 Å². The van der Waals surface area contributed by atoms with Gasteiger partial charge in [-0.05, 0) is 41.1 Å². The van der Waals surface area contributed by atoms with Crippen molar-refractivity contribution < 1.29 is 4.79 Å². The van der Waals surface area contributed by atoms with Crippen LogP contribution in [-0.2, 0) is 4.79 Å². The fourth-order valence-electron chi connectivity index (χ4n) is 1.47. The first-order chi connectivity index (χ1) is 8.20.